The molecule has 0 aliphatic carbocycles. The van der Waals surface area contributed by atoms with Crippen LogP contribution in [0.4, 0.5) is 0 Å². The van der Waals surface area contributed by atoms with Gasteiger partial charge in [0, 0.05) is 11.7 Å². The number of pyridine rings is 1. The molecule has 1 N–H and O–H groups in total. The third-order valence-electron chi connectivity index (χ3n) is 4.39. The molecule has 9 nitrogen and oxygen atoms in total. The van der Waals surface area contributed by atoms with Crippen LogP contribution in [0, 0.1) is 0 Å². The van der Waals surface area contributed by atoms with Gasteiger partial charge in [0.2, 0.25) is 11.8 Å². The van der Waals surface area contributed by atoms with Crippen molar-refractivity contribution in [3.63, 3.8) is 0 Å². The summed E-state index contributed by atoms with van der Waals surface area (Å²) in [5, 5.41) is 3.11. The predicted octanol–water partition coefficient (Wildman–Crippen LogP) is 2.67. The summed E-state index contributed by atoms with van der Waals surface area (Å²) in [4.78, 5) is 44.2. The van der Waals surface area contributed by atoms with E-state index in [1.165, 1.54) is 10.6 Å². The summed E-state index contributed by atoms with van der Waals surface area (Å²) in [6, 6.07) is 5.05. The van der Waals surface area contributed by atoms with Crippen molar-refractivity contribution in [2.75, 3.05) is 0 Å². The van der Waals surface area contributed by atoms with Crippen LogP contribution in [0.1, 0.15) is 59.9 Å². The molecule has 0 saturated heterocycles. The number of hydrogen-bond acceptors (Lipinski definition) is 8. The number of aromatic nitrogens is 2. The molecule has 0 bridgehead atoms. The van der Waals surface area contributed by atoms with E-state index >= 15 is 0 Å². The Bertz CT molecular complexity index is 1140. The summed E-state index contributed by atoms with van der Waals surface area (Å²) in [6.07, 6.45) is 0.616. The Balaban J connectivity index is 2.32. The zero-order valence-electron chi connectivity index (χ0n) is 19.4. The molecule has 0 spiro atoms. The molecule has 0 fully saturated rings. The lowest BCUT2D eigenvalue weighted by atomic mass is 9.90. The molecular weight excluding hydrogens is 414 g/mol. The molecule has 1 aliphatic rings. The molecule has 1 unspecified atom stereocenters. The number of nitrogens with one attached hydrogen (secondary N) is 1. The Labute approximate surface area is 186 Å². The third kappa shape index (κ3) is 4.76. The molecule has 2 aromatic rings. The van der Waals surface area contributed by atoms with E-state index in [0.29, 0.717) is 5.65 Å². The Hall–Kier alpha value is -3.36. The number of hydrogen-bond donors (Lipinski definition) is 1. The largest absolute Gasteiger partial charge is 0.462 e. The number of ether oxygens (including phenoxy) is 3. The van der Waals surface area contributed by atoms with Crippen LogP contribution in [-0.4, -0.2) is 39.1 Å². The Kier molecular flexibility index (Phi) is 6.29. The number of carbonyl (C=O) groups is 2. The Morgan fingerprint density at radius 3 is 2.38 bits per heavy atom. The minimum Gasteiger partial charge on any atom is -0.462 e. The molecule has 172 valence electrons. The molecule has 1 aliphatic heterocycles. The van der Waals surface area contributed by atoms with Crippen molar-refractivity contribution in [3.05, 3.63) is 51.8 Å². The van der Waals surface area contributed by atoms with Crippen LogP contribution in [0.3, 0.4) is 0 Å². The van der Waals surface area contributed by atoms with E-state index in [4.69, 9.17) is 14.2 Å². The summed E-state index contributed by atoms with van der Waals surface area (Å²) < 4.78 is 18.1. The first kappa shape index (κ1) is 23.3. The fourth-order valence-corrected chi connectivity index (χ4v) is 3.29. The van der Waals surface area contributed by atoms with Gasteiger partial charge in [0.05, 0.1) is 17.8 Å². The number of carbonyl (C=O) groups excluding carboxylic acids is 2. The highest BCUT2D eigenvalue weighted by Crippen LogP contribution is 2.38. The van der Waals surface area contributed by atoms with Crippen molar-refractivity contribution in [1.82, 2.24) is 14.7 Å². The first-order chi connectivity index (χ1) is 14.9. The van der Waals surface area contributed by atoms with Crippen LogP contribution in [0.15, 0.2) is 40.6 Å². The minimum absolute atomic E-state index is 0.00790. The van der Waals surface area contributed by atoms with Gasteiger partial charge in [-0.25, -0.2) is 4.79 Å². The van der Waals surface area contributed by atoms with Gasteiger partial charge in [0.15, 0.2) is 0 Å². The quantitative estimate of drug-likeness (QED) is 0.703. The van der Waals surface area contributed by atoms with E-state index in [2.05, 4.69) is 10.3 Å². The maximum Gasteiger partial charge on any atom is 0.340 e. The molecule has 0 saturated carbocycles. The van der Waals surface area contributed by atoms with Gasteiger partial charge in [0.1, 0.15) is 17.1 Å². The lowest BCUT2D eigenvalue weighted by molar-refractivity contribution is -0.152. The predicted molar refractivity (Wildman–Crippen MR) is 117 cm³/mol. The smallest absolute Gasteiger partial charge is 0.340 e. The van der Waals surface area contributed by atoms with Crippen LogP contribution >= 0.6 is 0 Å². The van der Waals surface area contributed by atoms with Crippen molar-refractivity contribution >= 4 is 17.6 Å². The molecular formula is C23H29N3O6. The van der Waals surface area contributed by atoms with E-state index in [-0.39, 0.29) is 22.9 Å². The van der Waals surface area contributed by atoms with Gasteiger partial charge >= 0.3 is 11.9 Å². The first-order valence-corrected chi connectivity index (χ1v) is 10.5. The SMILES string of the molecule is CC(C)OC(=O)C1=C(NC(C)(C)C)Oc2nc3ccccn3c(=O)c2C1C(=O)OC(C)C. The number of rotatable bonds is 5. The standard InChI is InChI=1S/C23H29N3O6/c1-12(2)30-21(28)15-16-18(24-14-10-8-9-11-26(14)20(16)27)32-19(25-23(5,6)7)17(15)22(29)31-13(3)4/h8-13,15,25H,1-7H3. The molecule has 2 aromatic heterocycles. The van der Waals surface area contributed by atoms with E-state index in [1.807, 2.05) is 20.8 Å². The number of esters is 2. The van der Waals surface area contributed by atoms with Crippen molar-refractivity contribution < 1.29 is 23.8 Å². The Morgan fingerprint density at radius 2 is 1.78 bits per heavy atom. The zero-order chi connectivity index (χ0) is 23.8. The highest BCUT2D eigenvalue weighted by molar-refractivity contribution is 6.00. The van der Waals surface area contributed by atoms with Crippen molar-refractivity contribution in [1.29, 1.82) is 0 Å². The van der Waals surface area contributed by atoms with Crippen LogP contribution < -0.4 is 15.6 Å². The van der Waals surface area contributed by atoms with E-state index < -0.39 is 41.2 Å². The average molecular weight is 444 g/mol. The van der Waals surface area contributed by atoms with Gasteiger partial charge in [-0.05, 0) is 60.6 Å². The fourth-order valence-electron chi connectivity index (χ4n) is 3.29. The zero-order valence-corrected chi connectivity index (χ0v) is 19.4. The van der Waals surface area contributed by atoms with Crippen LogP contribution in [0.2, 0.25) is 0 Å². The van der Waals surface area contributed by atoms with Crippen LogP contribution in [0.5, 0.6) is 5.88 Å². The van der Waals surface area contributed by atoms with Gasteiger partial charge in [-0.1, -0.05) is 6.07 Å². The van der Waals surface area contributed by atoms with Crippen molar-refractivity contribution in [2.45, 2.75) is 72.1 Å². The highest BCUT2D eigenvalue weighted by atomic mass is 16.6. The first-order valence-electron chi connectivity index (χ1n) is 10.5. The van der Waals surface area contributed by atoms with Crippen LogP contribution in [-0.2, 0) is 19.1 Å². The van der Waals surface area contributed by atoms with Gasteiger partial charge in [-0.2, -0.15) is 4.98 Å². The highest BCUT2D eigenvalue weighted by Gasteiger charge is 2.45. The molecule has 32 heavy (non-hydrogen) atoms. The second-order valence-corrected chi connectivity index (χ2v) is 9.16. The lowest BCUT2D eigenvalue weighted by Gasteiger charge is -2.32. The van der Waals surface area contributed by atoms with Crippen LogP contribution in [0.25, 0.3) is 5.65 Å². The fraction of sp³-hybridized carbons (Fsp3) is 0.478. The molecule has 3 heterocycles. The summed E-state index contributed by atoms with van der Waals surface area (Å²) in [5.41, 5.74) is -0.915. The lowest BCUT2D eigenvalue weighted by Crippen LogP contribution is -2.44. The second-order valence-electron chi connectivity index (χ2n) is 9.16. The van der Waals surface area contributed by atoms with Gasteiger partial charge in [-0.15, -0.1) is 0 Å². The van der Waals surface area contributed by atoms with Gasteiger partial charge in [-0.3, -0.25) is 14.0 Å². The van der Waals surface area contributed by atoms with Crippen molar-refractivity contribution in [2.24, 2.45) is 0 Å². The molecule has 0 aromatic carbocycles. The maximum atomic E-state index is 13.4. The van der Waals surface area contributed by atoms with Gasteiger partial charge < -0.3 is 19.5 Å². The molecule has 0 radical (unpaired) electrons. The van der Waals surface area contributed by atoms with E-state index in [0.717, 1.165) is 0 Å². The Morgan fingerprint density at radius 1 is 1.12 bits per heavy atom. The summed E-state index contributed by atoms with van der Waals surface area (Å²) in [7, 11) is 0. The summed E-state index contributed by atoms with van der Waals surface area (Å²) in [6.45, 7) is 12.4. The summed E-state index contributed by atoms with van der Waals surface area (Å²) >= 11 is 0. The third-order valence-corrected chi connectivity index (χ3v) is 4.39. The van der Waals surface area contributed by atoms with E-state index in [9.17, 15) is 14.4 Å². The average Bonchev–Trinajstić information content (AvgIpc) is 2.64. The van der Waals surface area contributed by atoms with E-state index in [1.54, 1.807) is 45.9 Å². The monoisotopic (exact) mass is 443 g/mol. The summed E-state index contributed by atoms with van der Waals surface area (Å²) in [5.74, 6) is -2.95. The molecule has 0 amide bonds. The number of nitrogens with zero attached hydrogens (tertiary/aromatic N) is 2. The minimum atomic E-state index is -1.37. The molecule has 9 heteroatoms. The maximum absolute atomic E-state index is 13.4. The molecule has 3 rings (SSSR count). The topological polar surface area (TPSA) is 108 Å². The van der Waals surface area contributed by atoms with Crippen molar-refractivity contribution in [3.8, 4) is 5.88 Å². The normalized spacial score (nSPS) is 16.1. The van der Waals surface area contributed by atoms with Gasteiger partial charge in [0.25, 0.3) is 5.56 Å². The molecule has 1 atom stereocenters. The second kappa shape index (κ2) is 8.64. The number of fused-ring (bicyclic) bond motifs is 2.